The van der Waals surface area contributed by atoms with Crippen molar-refractivity contribution in [2.24, 2.45) is 11.8 Å². The molecule has 10 heteroatoms. The number of aromatic nitrogens is 3. The van der Waals surface area contributed by atoms with Crippen LogP contribution < -0.4 is 15.0 Å². The molecule has 3 atom stereocenters. The van der Waals surface area contributed by atoms with Crippen molar-refractivity contribution < 1.29 is 22.6 Å². The van der Waals surface area contributed by atoms with Crippen molar-refractivity contribution in [3.05, 3.63) is 46.9 Å². The van der Waals surface area contributed by atoms with Crippen LogP contribution in [-0.2, 0) is 4.74 Å². The van der Waals surface area contributed by atoms with E-state index in [4.69, 9.17) is 14.5 Å². The average molecular weight is 473 g/mol. The Bertz CT molecular complexity index is 1210. The van der Waals surface area contributed by atoms with Crippen LogP contribution in [0.4, 0.5) is 24.7 Å². The fourth-order valence-corrected chi connectivity index (χ4v) is 4.89. The Balaban J connectivity index is 1.53. The monoisotopic (exact) mass is 473 g/mol. The molecule has 2 aliphatic rings. The minimum absolute atomic E-state index is 0.127. The van der Waals surface area contributed by atoms with Gasteiger partial charge in [0, 0.05) is 35.9 Å². The topological polar surface area (TPSA) is 72.4 Å². The Kier molecular flexibility index (Phi) is 5.93. The van der Waals surface area contributed by atoms with Crippen molar-refractivity contribution in [3.63, 3.8) is 0 Å². The third kappa shape index (κ3) is 3.89. The average Bonchev–Trinajstić information content (AvgIpc) is 3.42. The highest BCUT2D eigenvalue weighted by atomic mass is 19.3. The fourth-order valence-electron chi connectivity index (χ4n) is 4.89. The summed E-state index contributed by atoms with van der Waals surface area (Å²) in [6, 6.07) is 5.34. The third-order valence-electron chi connectivity index (χ3n) is 6.75. The van der Waals surface area contributed by atoms with E-state index in [9.17, 15) is 13.2 Å². The van der Waals surface area contributed by atoms with E-state index in [-0.39, 0.29) is 5.56 Å². The summed E-state index contributed by atoms with van der Waals surface area (Å²) in [5.41, 5.74) is 1.58. The molecule has 0 spiro atoms. The highest BCUT2D eigenvalue weighted by Crippen LogP contribution is 2.39. The summed E-state index contributed by atoms with van der Waals surface area (Å²) < 4.78 is 52.3. The van der Waals surface area contributed by atoms with E-state index in [0.29, 0.717) is 40.1 Å². The smallest absolute Gasteiger partial charge is 0.266 e. The first-order valence-corrected chi connectivity index (χ1v) is 11.2. The molecule has 0 unspecified atom stereocenters. The van der Waals surface area contributed by atoms with E-state index >= 15 is 0 Å². The van der Waals surface area contributed by atoms with Crippen LogP contribution in [0, 0.1) is 24.6 Å². The summed E-state index contributed by atoms with van der Waals surface area (Å²) >= 11 is 0. The number of anilines is 2. The molecular formula is C24H26F3N5O2. The first-order valence-electron chi connectivity index (χ1n) is 11.2. The number of ether oxygens (including phenoxy) is 2. The fraction of sp³-hybridized carbons (Fsp3) is 0.458. The molecule has 4 heterocycles. The van der Waals surface area contributed by atoms with Gasteiger partial charge < -0.3 is 19.7 Å². The SMILES string of the molecule is COc1nc2c(C)nnc(N[C@H](C)c3cccc(C(F)F)c3F)c2cc1N1C[C@H]2COC[C@H]2C1. The van der Waals surface area contributed by atoms with Gasteiger partial charge in [-0.25, -0.2) is 18.2 Å². The van der Waals surface area contributed by atoms with Gasteiger partial charge in [-0.2, -0.15) is 5.10 Å². The zero-order valence-electron chi connectivity index (χ0n) is 19.2. The van der Waals surface area contributed by atoms with Crippen molar-refractivity contribution in [2.75, 3.05) is 43.6 Å². The number of nitrogens with one attached hydrogen (secondary N) is 1. The number of hydrogen-bond acceptors (Lipinski definition) is 7. The molecule has 0 radical (unpaired) electrons. The predicted octanol–water partition coefficient (Wildman–Crippen LogP) is 4.67. The van der Waals surface area contributed by atoms with Crippen LogP contribution in [-0.4, -0.2) is 48.6 Å². The van der Waals surface area contributed by atoms with Crippen molar-refractivity contribution in [2.45, 2.75) is 26.3 Å². The number of fused-ring (bicyclic) bond motifs is 2. The van der Waals surface area contributed by atoms with Gasteiger partial charge in [0.25, 0.3) is 6.43 Å². The number of aryl methyl sites for hydroxylation is 1. The van der Waals surface area contributed by atoms with Gasteiger partial charge in [-0.1, -0.05) is 18.2 Å². The highest BCUT2D eigenvalue weighted by Gasteiger charge is 2.38. The molecule has 180 valence electrons. The van der Waals surface area contributed by atoms with Gasteiger partial charge in [-0.15, -0.1) is 5.10 Å². The van der Waals surface area contributed by atoms with Gasteiger partial charge in [0.05, 0.1) is 37.6 Å². The molecule has 2 saturated heterocycles. The van der Waals surface area contributed by atoms with Crippen LogP contribution in [0.5, 0.6) is 5.88 Å². The zero-order valence-corrected chi connectivity index (χ0v) is 19.2. The van der Waals surface area contributed by atoms with E-state index < -0.39 is 23.8 Å². The molecule has 5 rings (SSSR count). The van der Waals surface area contributed by atoms with E-state index in [1.807, 2.05) is 6.07 Å². The maximum Gasteiger partial charge on any atom is 0.266 e. The van der Waals surface area contributed by atoms with Crippen LogP contribution in [0.2, 0.25) is 0 Å². The van der Waals surface area contributed by atoms with Gasteiger partial charge in [-0.3, -0.25) is 0 Å². The second-order valence-electron chi connectivity index (χ2n) is 8.93. The van der Waals surface area contributed by atoms with Crippen LogP contribution in [0.3, 0.4) is 0 Å². The van der Waals surface area contributed by atoms with Gasteiger partial charge in [0.15, 0.2) is 5.82 Å². The van der Waals surface area contributed by atoms with Crippen molar-refractivity contribution >= 4 is 22.4 Å². The van der Waals surface area contributed by atoms with Crippen molar-refractivity contribution in [1.29, 1.82) is 0 Å². The summed E-state index contributed by atoms with van der Waals surface area (Å²) in [7, 11) is 1.58. The van der Waals surface area contributed by atoms with Crippen LogP contribution in [0.25, 0.3) is 10.9 Å². The number of pyridine rings is 1. The molecule has 7 nitrogen and oxygen atoms in total. The van der Waals surface area contributed by atoms with Gasteiger partial charge in [-0.05, 0) is 19.9 Å². The Morgan fingerprint density at radius 1 is 1.15 bits per heavy atom. The first kappa shape index (κ1) is 22.6. The van der Waals surface area contributed by atoms with Gasteiger partial charge >= 0.3 is 0 Å². The quantitative estimate of drug-likeness (QED) is 0.558. The maximum absolute atomic E-state index is 14.7. The Morgan fingerprint density at radius 3 is 2.53 bits per heavy atom. The largest absolute Gasteiger partial charge is 0.480 e. The van der Waals surface area contributed by atoms with E-state index in [2.05, 4.69) is 20.4 Å². The zero-order chi connectivity index (χ0) is 24.0. The number of alkyl halides is 2. The lowest BCUT2D eigenvalue weighted by Crippen LogP contribution is -2.23. The van der Waals surface area contributed by atoms with E-state index in [1.165, 1.54) is 12.1 Å². The number of rotatable bonds is 6. The maximum atomic E-state index is 14.7. The molecule has 0 aliphatic carbocycles. The second kappa shape index (κ2) is 8.90. The number of nitrogens with zero attached hydrogens (tertiary/aromatic N) is 4. The van der Waals surface area contributed by atoms with Gasteiger partial charge in [0.1, 0.15) is 17.0 Å². The molecule has 3 aromatic rings. The summed E-state index contributed by atoms with van der Waals surface area (Å²) in [6.45, 7) is 6.69. The summed E-state index contributed by atoms with van der Waals surface area (Å²) in [5.74, 6) is 0.919. The lowest BCUT2D eigenvalue weighted by molar-refractivity contribution is 0.146. The Morgan fingerprint density at radius 2 is 1.85 bits per heavy atom. The number of hydrogen-bond donors (Lipinski definition) is 1. The second-order valence-corrected chi connectivity index (χ2v) is 8.93. The summed E-state index contributed by atoms with van der Waals surface area (Å²) in [5, 5.41) is 12.3. The minimum atomic E-state index is -2.89. The number of methoxy groups -OCH3 is 1. The normalized spacial score (nSPS) is 20.7. The van der Waals surface area contributed by atoms with E-state index in [0.717, 1.165) is 38.1 Å². The van der Waals surface area contributed by atoms with Crippen LogP contribution in [0.15, 0.2) is 24.3 Å². The standard InChI is InChI=1S/C24H26F3N5O2/c1-12(16-5-4-6-17(20(16)25)22(26)27)28-23-18-7-19(32-8-14-10-34-11-15(14)9-32)24(33-3)29-21(18)13(2)30-31-23/h4-7,12,14-15,22H,8-11H2,1-3H3,(H,28,31)/t12-,14-,15+/m1/s1. The molecule has 0 saturated carbocycles. The van der Waals surface area contributed by atoms with Crippen LogP contribution in [0.1, 0.15) is 36.2 Å². The lowest BCUT2D eigenvalue weighted by atomic mass is 10.0. The molecule has 2 aromatic heterocycles. The molecule has 34 heavy (non-hydrogen) atoms. The number of benzene rings is 1. The molecular weight excluding hydrogens is 447 g/mol. The predicted molar refractivity (Wildman–Crippen MR) is 122 cm³/mol. The molecule has 2 aliphatic heterocycles. The van der Waals surface area contributed by atoms with Crippen molar-refractivity contribution in [1.82, 2.24) is 15.2 Å². The van der Waals surface area contributed by atoms with Gasteiger partial charge in [0.2, 0.25) is 5.88 Å². The first-order chi connectivity index (χ1) is 16.4. The molecule has 0 bridgehead atoms. The molecule has 1 N–H and O–H groups in total. The summed E-state index contributed by atoms with van der Waals surface area (Å²) in [6.07, 6.45) is -2.89. The van der Waals surface area contributed by atoms with Crippen LogP contribution >= 0.6 is 0 Å². The number of halogens is 3. The highest BCUT2D eigenvalue weighted by molar-refractivity contribution is 5.93. The minimum Gasteiger partial charge on any atom is -0.480 e. The third-order valence-corrected chi connectivity index (χ3v) is 6.75. The van der Waals surface area contributed by atoms with E-state index in [1.54, 1.807) is 21.0 Å². The summed E-state index contributed by atoms with van der Waals surface area (Å²) in [4.78, 5) is 6.96. The molecule has 0 amide bonds. The Labute approximate surface area is 195 Å². The Hall–Kier alpha value is -3.14. The molecule has 1 aromatic carbocycles. The van der Waals surface area contributed by atoms with Crippen molar-refractivity contribution in [3.8, 4) is 5.88 Å². The molecule has 2 fully saturated rings. The lowest BCUT2D eigenvalue weighted by Gasteiger charge is -2.23.